The van der Waals surface area contributed by atoms with Gasteiger partial charge in [-0.05, 0) is 59.7 Å². The number of ether oxygens (including phenoxy) is 2. The van der Waals surface area contributed by atoms with Gasteiger partial charge in [-0.15, -0.1) is 6.42 Å². The van der Waals surface area contributed by atoms with Crippen LogP contribution in [0.15, 0.2) is 42.5 Å². The van der Waals surface area contributed by atoms with Crippen molar-refractivity contribution >= 4 is 11.7 Å². The predicted octanol–water partition coefficient (Wildman–Crippen LogP) is 3.22. The second-order valence-electron chi connectivity index (χ2n) is 8.26. The van der Waals surface area contributed by atoms with Crippen molar-refractivity contribution in [2.45, 2.75) is 44.2 Å². The Morgan fingerprint density at radius 3 is 2.61 bits per heavy atom. The summed E-state index contributed by atoms with van der Waals surface area (Å²) in [4.78, 5) is 25.8. The second kappa shape index (κ2) is 11.1. The fraction of sp³-hybridized carbons (Fsp3) is 0.407. The summed E-state index contributed by atoms with van der Waals surface area (Å²) in [7, 11) is 3.22. The fourth-order valence-corrected chi connectivity index (χ4v) is 4.46. The maximum Gasteiger partial charge on any atom is 0.251 e. The van der Waals surface area contributed by atoms with E-state index in [-0.39, 0.29) is 17.7 Å². The minimum Gasteiger partial charge on any atom is -0.497 e. The largest absolute Gasteiger partial charge is 0.497 e. The summed E-state index contributed by atoms with van der Waals surface area (Å²) in [5, 5.41) is 6.41. The highest BCUT2D eigenvalue weighted by atomic mass is 16.5. The van der Waals surface area contributed by atoms with Gasteiger partial charge in [0.1, 0.15) is 11.3 Å². The van der Waals surface area contributed by atoms with Crippen molar-refractivity contribution in [1.29, 1.82) is 0 Å². The molecule has 0 saturated heterocycles. The highest BCUT2D eigenvalue weighted by Crippen LogP contribution is 2.39. The van der Waals surface area contributed by atoms with Crippen LogP contribution in [-0.4, -0.2) is 45.1 Å². The Morgan fingerprint density at radius 1 is 1.21 bits per heavy atom. The molecule has 2 aromatic rings. The van der Waals surface area contributed by atoms with Gasteiger partial charge >= 0.3 is 0 Å². The van der Waals surface area contributed by atoms with Crippen molar-refractivity contribution in [2.75, 3.05) is 27.4 Å². The van der Waals surface area contributed by atoms with Gasteiger partial charge in [0.15, 0.2) is 0 Å². The van der Waals surface area contributed by atoms with E-state index in [1.165, 1.54) is 0 Å². The van der Waals surface area contributed by atoms with Crippen LogP contribution in [0.5, 0.6) is 5.75 Å². The van der Waals surface area contributed by atoms with Crippen molar-refractivity contribution in [3.63, 3.8) is 0 Å². The lowest BCUT2D eigenvalue weighted by Gasteiger charge is -2.42. The van der Waals surface area contributed by atoms with E-state index in [0.717, 1.165) is 42.6 Å². The summed E-state index contributed by atoms with van der Waals surface area (Å²) in [6.07, 6.45) is 9.50. The molecule has 1 aliphatic heterocycles. The number of amides is 1. The van der Waals surface area contributed by atoms with E-state index < -0.39 is 5.54 Å². The Kier molecular flexibility index (Phi) is 8.26. The standard InChI is InChI=1S/C27H32N2O4/c1-5-7-8-22-17-20-18-23(33-4)13-14-24(20)27(29-22,25(30)6-2)21-11-9-19(10-12-21)26(31)28-15-16-32-3/h2,9-14,18,22,29H,5,7-8,15-17H2,1,3-4H3,(H,28,31)/t22-,27-/m0/s1. The molecule has 0 spiro atoms. The molecule has 0 radical (unpaired) electrons. The van der Waals surface area contributed by atoms with Crippen molar-refractivity contribution < 1.29 is 19.1 Å². The van der Waals surface area contributed by atoms with E-state index in [1.807, 2.05) is 30.3 Å². The van der Waals surface area contributed by atoms with E-state index in [2.05, 4.69) is 23.5 Å². The van der Waals surface area contributed by atoms with Crippen molar-refractivity contribution in [2.24, 2.45) is 0 Å². The van der Waals surface area contributed by atoms with Crippen molar-refractivity contribution in [3.8, 4) is 18.1 Å². The second-order valence-corrected chi connectivity index (χ2v) is 8.26. The number of terminal acetylenes is 1. The van der Waals surface area contributed by atoms with Gasteiger partial charge in [-0.25, -0.2) is 0 Å². The number of ketones is 1. The van der Waals surface area contributed by atoms with Crippen LogP contribution in [0, 0.1) is 12.3 Å². The lowest BCUT2D eigenvalue weighted by molar-refractivity contribution is -0.119. The zero-order chi connectivity index (χ0) is 23.8. The van der Waals surface area contributed by atoms with Crippen molar-refractivity contribution in [1.82, 2.24) is 10.6 Å². The number of nitrogens with one attached hydrogen (secondary N) is 2. The van der Waals surface area contributed by atoms with Gasteiger partial charge < -0.3 is 14.8 Å². The molecule has 0 bridgehead atoms. The molecule has 174 valence electrons. The number of carbonyl (C=O) groups is 2. The van der Waals surface area contributed by atoms with Gasteiger partial charge in [-0.1, -0.05) is 38.0 Å². The summed E-state index contributed by atoms with van der Waals surface area (Å²) in [5.41, 5.74) is 1.91. The lowest BCUT2D eigenvalue weighted by atomic mass is 9.72. The first-order chi connectivity index (χ1) is 16.0. The van der Waals surface area contributed by atoms with Crippen LogP contribution in [0.2, 0.25) is 0 Å². The number of carbonyl (C=O) groups excluding carboxylic acids is 2. The van der Waals surface area contributed by atoms with Crippen LogP contribution >= 0.6 is 0 Å². The summed E-state index contributed by atoms with van der Waals surface area (Å²) in [6.45, 7) is 3.01. The number of rotatable bonds is 10. The van der Waals surface area contributed by atoms with E-state index in [0.29, 0.717) is 24.3 Å². The van der Waals surface area contributed by atoms with Gasteiger partial charge in [0.05, 0.1) is 13.7 Å². The van der Waals surface area contributed by atoms with E-state index in [4.69, 9.17) is 15.9 Å². The van der Waals surface area contributed by atoms with Gasteiger partial charge in [0.2, 0.25) is 5.78 Å². The molecule has 1 heterocycles. The lowest BCUT2D eigenvalue weighted by Crippen LogP contribution is -2.57. The van der Waals surface area contributed by atoms with Gasteiger partial charge in [-0.2, -0.15) is 0 Å². The van der Waals surface area contributed by atoms with Crippen LogP contribution in [0.4, 0.5) is 0 Å². The molecule has 0 aromatic heterocycles. The molecule has 0 aliphatic carbocycles. The minimum absolute atomic E-state index is 0.0823. The van der Waals surface area contributed by atoms with Gasteiger partial charge in [0.25, 0.3) is 5.91 Å². The number of hydrogen-bond acceptors (Lipinski definition) is 5. The monoisotopic (exact) mass is 448 g/mol. The molecule has 0 unspecified atom stereocenters. The predicted molar refractivity (Wildman–Crippen MR) is 128 cm³/mol. The molecule has 1 aliphatic rings. The molecule has 0 fully saturated rings. The summed E-state index contributed by atoms with van der Waals surface area (Å²) in [6, 6.07) is 12.9. The van der Waals surface area contributed by atoms with Crippen molar-refractivity contribution in [3.05, 3.63) is 64.7 Å². The first-order valence-corrected chi connectivity index (χ1v) is 11.3. The number of hydrogen-bond donors (Lipinski definition) is 2. The fourth-order valence-electron chi connectivity index (χ4n) is 4.46. The maximum absolute atomic E-state index is 13.4. The number of benzene rings is 2. The molecule has 0 saturated carbocycles. The van der Waals surface area contributed by atoms with Crippen LogP contribution in [0.25, 0.3) is 0 Å². The van der Waals surface area contributed by atoms with Crippen LogP contribution in [0.1, 0.15) is 53.2 Å². The average molecular weight is 449 g/mol. The van der Waals surface area contributed by atoms with Crippen LogP contribution in [0.3, 0.4) is 0 Å². The number of methoxy groups -OCH3 is 2. The van der Waals surface area contributed by atoms with Crippen LogP contribution in [-0.2, 0) is 21.5 Å². The Hall–Kier alpha value is -3.14. The molecular weight excluding hydrogens is 416 g/mol. The number of Topliss-reactive ketones (excluding diaryl/α,β-unsaturated/α-hetero) is 1. The average Bonchev–Trinajstić information content (AvgIpc) is 2.86. The Morgan fingerprint density at radius 2 is 1.97 bits per heavy atom. The molecule has 2 N–H and O–H groups in total. The molecule has 2 atom stereocenters. The molecule has 1 amide bonds. The molecule has 2 aromatic carbocycles. The van der Waals surface area contributed by atoms with Gasteiger partial charge in [-0.3, -0.25) is 14.9 Å². The summed E-state index contributed by atoms with van der Waals surface area (Å²) in [5.74, 6) is 2.56. The normalized spacial score (nSPS) is 19.3. The summed E-state index contributed by atoms with van der Waals surface area (Å²) < 4.78 is 10.4. The highest BCUT2D eigenvalue weighted by Gasteiger charge is 2.46. The first kappa shape index (κ1) is 24.5. The third-order valence-corrected chi connectivity index (χ3v) is 6.15. The zero-order valence-corrected chi connectivity index (χ0v) is 19.6. The van der Waals surface area contributed by atoms with Gasteiger partial charge in [0, 0.05) is 25.3 Å². The number of unbranched alkanes of at least 4 members (excludes halogenated alkanes) is 1. The molecule has 33 heavy (non-hydrogen) atoms. The van der Waals surface area contributed by atoms with E-state index in [9.17, 15) is 9.59 Å². The SMILES string of the molecule is C#CC(=O)[C@@]1(c2ccc(C(=O)NCCOC)cc2)N[C@@H](CCCC)Cc2cc(OC)ccc21. The molecule has 6 heteroatoms. The van der Waals surface area contributed by atoms with E-state index in [1.54, 1.807) is 26.4 Å². The molecule has 6 nitrogen and oxygen atoms in total. The smallest absolute Gasteiger partial charge is 0.251 e. The minimum atomic E-state index is -1.18. The Bertz CT molecular complexity index is 1030. The summed E-state index contributed by atoms with van der Waals surface area (Å²) >= 11 is 0. The highest BCUT2D eigenvalue weighted by molar-refractivity contribution is 6.06. The molecule has 3 rings (SSSR count). The topological polar surface area (TPSA) is 76.7 Å². The van der Waals surface area contributed by atoms with E-state index >= 15 is 0 Å². The Labute approximate surface area is 196 Å². The van der Waals surface area contributed by atoms with Crippen LogP contribution < -0.4 is 15.4 Å². The maximum atomic E-state index is 13.4. The Balaban J connectivity index is 2.06. The quantitative estimate of drug-likeness (QED) is 0.332. The zero-order valence-electron chi connectivity index (χ0n) is 19.6. The third-order valence-electron chi connectivity index (χ3n) is 6.15. The molecular formula is C27H32N2O4. The third kappa shape index (κ3) is 5.11. The first-order valence-electron chi connectivity index (χ1n) is 11.3. The number of fused-ring (bicyclic) bond motifs is 1.